The van der Waals surface area contributed by atoms with Crippen molar-refractivity contribution in [3.8, 4) is 0 Å². The topological polar surface area (TPSA) is 66.5 Å². The first-order chi connectivity index (χ1) is 9.97. The molecule has 0 aromatic heterocycles. The van der Waals surface area contributed by atoms with Crippen LogP contribution in [0.3, 0.4) is 0 Å². The van der Waals surface area contributed by atoms with Crippen LogP contribution in [0.25, 0.3) is 0 Å². The number of thioether (sulfide) groups is 1. The van der Waals surface area contributed by atoms with Crippen LogP contribution in [-0.2, 0) is 14.4 Å². The lowest BCUT2D eigenvalue weighted by atomic mass is 10.3. The molecule has 0 radical (unpaired) electrons. The van der Waals surface area contributed by atoms with Gasteiger partial charge < -0.3 is 5.32 Å². The van der Waals surface area contributed by atoms with Crippen LogP contribution in [0.5, 0.6) is 0 Å². The predicted octanol–water partition coefficient (Wildman–Crippen LogP) is 2.45. The number of carbonyl (C=O) groups excluding carboxylic acids is 3. The second-order valence-corrected chi connectivity index (χ2v) is 6.28. The van der Waals surface area contributed by atoms with E-state index in [0.29, 0.717) is 10.7 Å². The number of imide groups is 1. The smallest absolute Gasteiger partial charge is 0.235 e. The van der Waals surface area contributed by atoms with Crippen molar-refractivity contribution < 1.29 is 14.4 Å². The molecular formula is C13H11ClN2O3S2. The summed E-state index contributed by atoms with van der Waals surface area (Å²) in [7, 11) is 0. The highest BCUT2D eigenvalue weighted by Crippen LogP contribution is 2.19. The molecule has 5 nitrogen and oxygen atoms in total. The summed E-state index contributed by atoms with van der Waals surface area (Å²) in [6.45, 7) is 0. The molecule has 1 saturated heterocycles. The van der Waals surface area contributed by atoms with Crippen molar-refractivity contribution in [3.63, 3.8) is 0 Å². The average molecular weight is 343 g/mol. The van der Waals surface area contributed by atoms with Gasteiger partial charge >= 0.3 is 0 Å². The molecule has 0 bridgehead atoms. The number of anilines is 1. The summed E-state index contributed by atoms with van der Waals surface area (Å²) in [5.41, 5.74) is 0.615. The quantitative estimate of drug-likeness (QED) is 0.675. The Kier molecular flexibility index (Phi) is 5.33. The van der Waals surface area contributed by atoms with E-state index in [9.17, 15) is 14.4 Å². The fourth-order valence-corrected chi connectivity index (χ4v) is 2.87. The number of carbonyl (C=O) groups is 3. The number of rotatable bonds is 3. The van der Waals surface area contributed by atoms with Crippen LogP contribution in [-0.4, -0.2) is 32.7 Å². The third kappa shape index (κ3) is 4.26. The van der Waals surface area contributed by atoms with Crippen LogP contribution in [0.2, 0.25) is 5.02 Å². The van der Waals surface area contributed by atoms with Gasteiger partial charge in [0.2, 0.25) is 17.7 Å². The molecule has 1 aliphatic heterocycles. The number of halogens is 1. The van der Waals surface area contributed by atoms with E-state index in [2.05, 4.69) is 5.32 Å². The Balaban J connectivity index is 1.83. The summed E-state index contributed by atoms with van der Waals surface area (Å²) in [5.74, 6) is -0.867. The molecule has 1 aromatic carbocycles. The van der Waals surface area contributed by atoms with Gasteiger partial charge in [0.05, 0.1) is 5.75 Å². The molecule has 1 N–H and O–H groups in total. The minimum absolute atomic E-state index is 0.0263. The zero-order valence-electron chi connectivity index (χ0n) is 10.8. The number of likely N-dealkylation sites (tertiary alicyclic amines) is 1. The molecule has 1 heterocycles. The average Bonchev–Trinajstić information content (AvgIpc) is 2.78. The van der Waals surface area contributed by atoms with Crippen LogP contribution in [0.4, 0.5) is 5.69 Å². The fourth-order valence-electron chi connectivity index (χ4n) is 1.70. The third-order valence-electron chi connectivity index (χ3n) is 2.69. The van der Waals surface area contributed by atoms with E-state index in [-0.39, 0.29) is 40.6 Å². The van der Waals surface area contributed by atoms with Gasteiger partial charge in [0, 0.05) is 23.6 Å². The summed E-state index contributed by atoms with van der Waals surface area (Å²) >= 11 is 11.8. The van der Waals surface area contributed by atoms with Gasteiger partial charge in [-0.25, -0.2) is 4.90 Å². The van der Waals surface area contributed by atoms with Gasteiger partial charge in [-0.1, -0.05) is 35.6 Å². The lowest BCUT2D eigenvalue weighted by molar-refractivity contribution is -0.133. The van der Waals surface area contributed by atoms with Crippen molar-refractivity contribution in [2.75, 3.05) is 11.1 Å². The first-order valence-corrected chi connectivity index (χ1v) is 7.82. The largest absolute Gasteiger partial charge is 0.325 e. The standard InChI is InChI=1S/C13H11ClN2O3S2/c14-8-1-3-9(4-2-8)15-10(17)7-21-13(20)16-11(18)5-6-12(16)19/h1-4H,5-7H2,(H,15,17). The maximum atomic E-state index is 11.8. The zero-order chi connectivity index (χ0) is 15.4. The molecule has 1 aromatic rings. The van der Waals surface area contributed by atoms with Crippen molar-refractivity contribution in [3.05, 3.63) is 29.3 Å². The molecule has 3 amide bonds. The molecule has 1 aliphatic rings. The Morgan fingerprint density at radius 1 is 1.24 bits per heavy atom. The summed E-state index contributed by atoms with van der Waals surface area (Å²) in [6.07, 6.45) is 0.354. The van der Waals surface area contributed by atoms with Gasteiger partial charge in [-0.15, -0.1) is 0 Å². The van der Waals surface area contributed by atoms with Crippen molar-refractivity contribution in [2.24, 2.45) is 0 Å². The molecule has 110 valence electrons. The molecule has 8 heteroatoms. The Bertz CT molecular complexity index is 588. The van der Waals surface area contributed by atoms with Gasteiger partial charge in [-0.3, -0.25) is 14.4 Å². The van der Waals surface area contributed by atoms with Gasteiger partial charge in [-0.05, 0) is 24.3 Å². The summed E-state index contributed by atoms with van der Waals surface area (Å²) in [6, 6.07) is 6.68. The van der Waals surface area contributed by atoms with E-state index in [1.165, 1.54) is 0 Å². The second kappa shape index (κ2) is 7.02. The van der Waals surface area contributed by atoms with Crippen LogP contribution in [0.15, 0.2) is 24.3 Å². The number of hydrogen-bond acceptors (Lipinski definition) is 5. The molecule has 0 spiro atoms. The number of hydrogen-bond donors (Lipinski definition) is 1. The molecule has 0 aliphatic carbocycles. The first-order valence-electron chi connectivity index (χ1n) is 6.05. The van der Waals surface area contributed by atoms with Gasteiger partial charge in [-0.2, -0.15) is 0 Å². The summed E-state index contributed by atoms with van der Waals surface area (Å²) in [5, 5.41) is 3.25. The first kappa shape index (κ1) is 15.9. The predicted molar refractivity (Wildman–Crippen MR) is 86.2 cm³/mol. The highest BCUT2D eigenvalue weighted by Gasteiger charge is 2.32. The van der Waals surface area contributed by atoms with Crippen molar-refractivity contribution in [2.45, 2.75) is 12.8 Å². The Hall–Kier alpha value is -1.44. The second-order valence-electron chi connectivity index (χ2n) is 4.23. The lowest BCUT2D eigenvalue weighted by Gasteiger charge is -2.13. The number of nitrogens with zero attached hydrogens (tertiary/aromatic N) is 1. The fraction of sp³-hybridized carbons (Fsp3) is 0.231. The van der Waals surface area contributed by atoms with E-state index in [1.54, 1.807) is 24.3 Å². The maximum absolute atomic E-state index is 11.8. The monoisotopic (exact) mass is 342 g/mol. The third-order valence-corrected chi connectivity index (χ3v) is 4.31. The van der Waals surface area contributed by atoms with Crippen LogP contribution in [0.1, 0.15) is 12.8 Å². The maximum Gasteiger partial charge on any atom is 0.235 e. The Labute approximate surface area is 136 Å². The minimum Gasteiger partial charge on any atom is -0.325 e. The van der Waals surface area contributed by atoms with Crippen molar-refractivity contribution in [1.29, 1.82) is 0 Å². The number of benzene rings is 1. The number of nitrogens with one attached hydrogen (secondary N) is 1. The Morgan fingerprint density at radius 2 is 1.81 bits per heavy atom. The minimum atomic E-state index is -0.310. The van der Waals surface area contributed by atoms with E-state index in [0.717, 1.165) is 16.7 Å². The highest BCUT2D eigenvalue weighted by atomic mass is 35.5. The number of amides is 3. The normalized spacial score (nSPS) is 14.4. The van der Waals surface area contributed by atoms with Crippen LogP contribution < -0.4 is 5.32 Å². The van der Waals surface area contributed by atoms with E-state index < -0.39 is 0 Å². The van der Waals surface area contributed by atoms with Gasteiger partial charge in [0.25, 0.3) is 0 Å². The molecule has 0 unspecified atom stereocenters. The van der Waals surface area contributed by atoms with Crippen molar-refractivity contribution >= 4 is 63.3 Å². The number of thiocarbonyl (C=S) groups is 1. The van der Waals surface area contributed by atoms with Gasteiger partial charge in [0.15, 0.2) is 0 Å². The molecule has 2 rings (SSSR count). The molecule has 21 heavy (non-hydrogen) atoms. The van der Waals surface area contributed by atoms with E-state index in [1.807, 2.05) is 0 Å². The van der Waals surface area contributed by atoms with E-state index in [4.69, 9.17) is 23.8 Å². The van der Waals surface area contributed by atoms with Crippen LogP contribution in [0, 0.1) is 0 Å². The molecule has 1 fully saturated rings. The SMILES string of the molecule is O=C(CSC(=S)N1C(=O)CCC1=O)Nc1ccc(Cl)cc1. The lowest BCUT2D eigenvalue weighted by Crippen LogP contribution is -2.33. The molecule has 0 atom stereocenters. The highest BCUT2D eigenvalue weighted by molar-refractivity contribution is 8.23. The zero-order valence-corrected chi connectivity index (χ0v) is 13.2. The van der Waals surface area contributed by atoms with Crippen molar-refractivity contribution in [1.82, 2.24) is 4.90 Å². The Morgan fingerprint density at radius 3 is 2.38 bits per heavy atom. The molecular weight excluding hydrogens is 332 g/mol. The van der Waals surface area contributed by atoms with E-state index >= 15 is 0 Å². The van der Waals surface area contributed by atoms with Gasteiger partial charge in [0.1, 0.15) is 4.32 Å². The summed E-state index contributed by atoms with van der Waals surface area (Å²) < 4.78 is 0.119. The van der Waals surface area contributed by atoms with Crippen LogP contribution >= 0.6 is 35.6 Å². The summed E-state index contributed by atoms with van der Waals surface area (Å²) in [4.78, 5) is 35.7. The molecule has 0 saturated carbocycles.